The Labute approximate surface area is 59.9 Å². The molecule has 52 valence electrons. The summed E-state index contributed by atoms with van der Waals surface area (Å²) in [5.41, 5.74) is 10.5. The first-order valence-corrected chi connectivity index (χ1v) is 3.45. The van der Waals surface area contributed by atoms with Gasteiger partial charge in [-0.05, 0) is 12.8 Å². The van der Waals surface area contributed by atoms with Gasteiger partial charge in [0.2, 0.25) is 0 Å². The van der Waals surface area contributed by atoms with Gasteiger partial charge in [-0.15, -0.1) is 11.6 Å². The summed E-state index contributed by atoms with van der Waals surface area (Å²) < 4.78 is 0. The number of nitrogens with two attached hydrogens (primary N) is 2. The molecule has 4 N–H and O–H groups in total. The van der Waals surface area contributed by atoms with Crippen molar-refractivity contribution in [2.75, 3.05) is 0 Å². The third-order valence-corrected chi connectivity index (χ3v) is 1.83. The van der Waals surface area contributed by atoms with Crippen molar-refractivity contribution in [3.8, 4) is 0 Å². The Morgan fingerprint density at radius 2 is 2.22 bits per heavy atom. The molecule has 0 aromatic carbocycles. The zero-order chi connectivity index (χ0) is 6.91. The third-order valence-electron chi connectivity index (χ3n) is 1.47. The second-order valence-corrected chi connectivity index (χ2v) is 3.09. The van der Waals surface area contributed by atoms with Crippen LogP contribution in [0.4, 0.5) is 0 Å². The van der Waals surface area contributed by atoms with Gasteiger partial charge in [0.25, 0.3) is 0 Å². The second kappa shape index (κ2) is 2.29. The average molecular weight is 147 g/mol. The number of halogens is 1. The van der Waals surface area contributed by atoms with Crippen LogP contribution in [0.1, 0.15) is 12.8 Å². The molecule has 0 bridgehead atoms. The maximum atomic E-state index is 5.75. The maximum Gasteiger partial charge on any atom is 0.0829 e. The zero-order valence-electron chi connectivity index (χ0n) is 5.18. The van der Waals surface area contributed by atoms with Crippen LogP contribution < -0.4 is 11.5 Å². The molecular formula is C6H11ClN2. The van der Waals surface area contributed by atoms with Gasteiger partial charge >= 0.3 is 0 Å². The second-order valence-electron chi connectivity index (χ2n) is 2.53. The van der Waals surface area contributed by atoms with E-state index in [2.05, 4.69) is 0 Å². The lowest BCUT2D eigenvalue weighted by molar-refractivity contribution is 0.472. The number of allylic oxidation sites excluding steroid dienone is 1. The van der Waals surface area contributed by atoms with E-state index in [9.17, 15) is 0 Å². The van der Waals surface area contributed by atoms with Gasteiger partial charge in [-0.2, -0.15) is 0 Å². The van der Waals surface area contributed by atoms with Crippen molar-refractivity contribution in [1.29, 1.82) is 0 Å². The minimum absolute atomic E-state index is 0.130. The molecule has 1 unspecified atom stereocenters. The highest BCUT2D eigenvalue weighted by Gasteiger charge is 2.20. The standard InChI is InChI=1S/C6H11ClN2/c7-5-1-3-6(8,9)4-2-5/h1,3,5H,2,4,8-9H2. The SMILES string of the molecule is NC1(N)C=CC(Cl)CC1. The van der Waals surface area contributed by atoms with Gasteiger partial charge in [-0.3, -0.25) is 0 Å². The van der Waals surface area contributed by atoms with E-state index < -0.39 is 5.66 Å². The summed E-state index contributed by atoms with van der Waals surface area (Å²) in [6.07, 6.45) is 5.28. The molecule has 0 radical (unpaired) electrons. The highest BCUT2D eigenvalue weighted by Crippen LogP contribution is 2.18. The molecule has 1 aliphatic rings. The Hall–Kier alpha value is -0.0500. The Morgan fingerprint density at radius 1 is 1.56 bits per heavy atom. The molecule has 0 spiro atoms. The molecular weight excluding hydrogens is 136 g/mol. The average Bonchev–Trinajstić information content (AvgIpc) is 1.78. The largest absolute Gasteiger partial charge is 0.310 e. The zero-order valence-corrected chi connectivity index (χ0v) is 5.93. The van der Waals surface area contributed by atoms with Crippen LogP contribution in [-0.4, -0.2) is 11.0 Å². The van der Waals surface area contributed by atoms with Crippen LogP contribution in [0, 0.1) is 0 Å². The molecule has 1 rings (SSSR count). The van der Waals surface area contributed by atoms with Crippen LogP contribution in [0.2, 0.25) is 0 Å². The first-order chi connectivity index (χ1) is 4.10. The first kappa shape index (κ1) is 7.06. The summed E-state index contributed by atoms with van der Waals surface area (Å²) in [6, 6.07) is 0. The summed E-state index contributed by atoms with van der Waals surface area (Å²) in [5.74, 6) is 0. The van der Waals surface area contributed by atoms with Crippen LogP contribution in [0.25, 0.3) is 0 Å². The summed E-state index contributed by atoms with van der Waals surface area (Å²) in [4.78, 5) is 0. The van der Waals surface area contributed by atoms with Crippen LogP contribution in [-0.2, 0) is 0 Å². The van der Waals surface area contributed by atoms with Crippen molar-refractivity contribution in [3.63, 3.8) is 0 Å². The Bertz CT molecular complexity index is 131. The van der Waals surface area contributed by atoms with E-state index in [0.29, 0.717) is 0 Å². The molecule has 9 heavy (non-hydrogen) atoms. The van der Waals surface area contributed by atoms with E-state index in [1.54, 1.807) is 6.08 Å². The van der Waals surface area contributed by atoms with E-state index in [4.69, 9.17) is 23.1 Å². The van der Waals surface area contributed by atoms with E-state index >= 15 is 0 Å². The summed E-state index contributed by atoms with van der Waals surface area (Å²) >= 11 is 5.75. The van der Waals surface area contributed by atoms with Crippen LogP contribution in [0.3, 0.4) is 0 Å². The highest BCUT2D eigenvalue weighted by molar-refractivity contribution is 6.21. The fourth-order valence-electron chi connectivity index (χ4n) is 0.851. The minimum atomic E-state index is -0.606. The molecule has 0 aliphatic heterocycles. The van der Waals surface area contributed by atoms with Crippen molar-refractivity contribution in [2.45, 2.75) is 23.9 Å². The normalized spacial score (nSPS) is 32.6. The fraction of sp³-hybridized carbons (Fsp3) is 0.667. The lowest BCUT2D eigenvalue weighted by Gasteiger charge is -2.25. The number of hydrogen-bond acceptors (Lipinski definition) is 2. The number of hydrogen-bond donors (Lipinski definition) is 2. The van der Waals surface area contributed by atoms with Crippen molar-refractivity contribution in [2.24, 2.45) is 11.5 Å². The first-order valence-electron chi connectivity index (χ1n) is 3.01. The number of rotatable bonds is 0. The summed E-state index contributed by atoms with van der Waals surface area (Å²) in [5, 5.41) is 0.130. The van der Waals surface area contributed by atoms with E-state index in [1.165, 1.54) is 0 Å². The molecule has 0 amide bonds. The predicted octanol–water partition coefficient (Wildman–Crippen LogP) is 0.557. The smallest absolute Gasteiger partial charge is 0.0829 e. The van der Waals surface area contributed by atoms with E-state index in [0.717, 1.165) is 12.8 Å². The van der Waals surface area contributed by atoms with Gasteiger partial charge in [-0.1, -0.05) is 12.2 Å². The monoisotopic (exact) mass is 146 g/mol. The maximum absolute atomic E-state index is 5.75. The quantitative estimate of drug-likeness (QED) is 0.298. The van der Waals surface area contributed by atoms with Crippen molar-refractivity contribution in [1.82, 2.24) is 0 Å². The molecule has 2 nitrogen and oxygen atoms in total. The van der Waals surface area contributed by atoms with Gasteiger partial charge in [-0.25, -0.2) is 0 Å². The van der Waals surface area contributed by atoms with Gasteiger partial charge in [0.1, 0.15) is 0 Å². The van der Waals surface area contributed by atoms with E-state index in [-0.39, 0.29) is 5.38 Å². The topological polar surface area (TPSA) is 52.0 Å². The van der Waals surface area contributed by atoms with Crippen molar-refractivity contribution < 1.29 is 0 Å². The molecule has 1 atom stereocenters. The molecule has 0 saturated heterocycles. The Balaban J connectivity index is 2.58. The highest BCUT2D eigenvalue weighted by atomic mass is 35.5. The number of alkyl halides is 1. The van der Waals surface area contributed by atoms with Crippen LogP contribution in [0.15, 0.2) is 12.2 Å². The van der Waals surface area contributed by atoms with Crippen molar-refractivity contribution in [3.05, 3.63) is 12.2 Å². The van der Waals surface area contributed by atoms with Gasteiger partial charge in [0, 0.05) is 0 Å². The molecule has 1 aliphatic carbocycles. The predicted molar refractivity (Wildman–Crippen MR) is 39.1 cm³/mol. The summed E-state index contributed by atoms with van der Waals surface area (Å²) in [6.45, 7) is 0. The molecule has 0 saturated carbocycles. The van der Waals surface area contributed by atoms with Gasteiger partial charge < -0.3 is 11.5 Å². The molecule has 0 aromatic heterocycles. The molecule has 0 heterocycles. The van der Waals surface area contributed by atoms with Gasteiger partial charge in [0.05, 0.1) is 11.0 Å². The Kier molecular flexibility index (Phi) is 1.80. The third kappa shape index (κ3) is 1.97. The molecule has 3 heteroatoms. The molecule has 0 fully saturated rings. The van der Waals surface area contributed by atoms with E-state index in [1.807, 2.05) is 6.08 Å². The lowest BCUT2D eigenvalue weighted by Crippen LogP contribution is -2.49. The molecule has 0 aromatic rings. The van der Waals surface area contributed by atoms with Crippen molar-refractivity contribution >= 4 is 11.6 Å². The Morgan fingerprint density at radius 3 is 2.56 bits per heavy atom. The summed E-state index contributed by atoms with van der Waals surface area (Å²) in [7, 11) is 0. The fourth-order valence-corrected chi connectivity index (χ4v) is 1.03. The minimum Gasteiger partial charge on any atom is -0.310 e. The van der Waals surface area contributed by atoms with Gasteiger partial charge in [0.15, 0.2) is 0 Å². The lowest BCUT2D eigenvalue weighted by atomic mass is 9.98. The van der Waals surface area contributed by atoms with Crippen LogP contribution >= 0.6 is 11.6 Å². The van der Waals surface area contributed by atoms with Crippen LogP contribution in [0.5, 0.6) is 0 Å².